The molecule has 0 unspecified atom stereocenters. The molecule has 3 aliphatic carbocycles. The van der Waals surface area contributed by atoms with Crippen LogP contribution in [0.3, 0.4) is 0 Å². The molecule has 0 spiro atoms. The molecule has 1 saturated heterocycles. The highest BCUT2D eigenvalue weighted by Crippen LogP contribution is 2.81. The molecule has 0 radical (unpaired) electrons. The molecular weight excluding hydrogens is 282 g/mol. The second kappa shape index (κ2) is 3.87. The third-order valence-corrected chi connectivity index (χ3v) is 6.60. The molecule has 21 heavy (non-hydrogen) atoms. The lowest BCUT2D eigenvalue weighted by Crippen LogP contribution is -2.66. The Morgan fingerprint density at radius 2 is 1.48 bits per heavy atom. The fraction of sp³-hybridized carbons (Fsp3) is 0.647. The molecule has 4 heteroatoms. The van der Waals surface area contributed by atoms with Gasteiger partial charge >= 0.3 is 7.12 Å². The average molecular weight is 305 g/mol. The lowest BCUT2D eigenvalue weighted by molar-refractivity contribution is -0.0382. The molecular formula is C17H22BClO2. The Morgan fingerprint density at radius 1 is 0.952 bits per heavy atom. The first kappa shape index (κ1) is 14.1. The summed E-state index contributed by atoms with van der Waals surface area (Å²) in [6.45, 7) is 8.51. The van der Waals surface area contributed by atoms with Crippen molar-refractivity contribution in [3.05, 3.63) is 34.9 Å². The van der Waals surface area contributed by atoms with Gasteiger partial charge in [0.05, 0.1) is 11.2 Å². The predicted molar refractivity (Wildman–Crippen MR) is 85.8 cm³/mol. The van der Waals surface area contributed by atoms with Crippen molar-refractivity contribution in [3.63, 3.8) is 0 Å². The van der Waals surface area contributed by atoms with E-state index in [0.29, 0.717) is 0 Å². The van der Waals surface area contributed by atoms with Crippen LogP contribution in [0.2, 0.25) is 10.3 Å². The van der Waals surface area contributed by atoms with Crippen molar-refractivity contribution in [1.82, 2.24) is 0 Å². The molecule has 5 rings (SSSR count). The van der Waals surface area contributed by atoms with Gasteiger partial charge in [0.15, 0.2) is 0 Å². The first-order valence-electron chi connectivity index (χ1n) is 7.81. The SMILES string of the molecule is CC1(C)OB(C23CC(c4ccccc4Cl)(C2)C3)OC1(C)C. The molecule has 4 aliphatic rings. The van der Waals surface area contributed by atoms with Gasteiger partial charge in [0.2, 0.25) is 0 Å². The zero-order valence-corrected chi connectivity index (χ0v) is 14.0. The molecule has 1 aromatic rings. The van der Waals surface area contributed by atoms with E-state index in [1.165, 1.54) is 5.56 Å². The molecule has 0 aromatic heterocycles. The Hall–Kier alpha value is -0.505. The monoisotopic (exact) mass is 304 g/mol. The Labute approximate surface area is 132 Å². The number of hydrogen-bond donors (Lipinski definition) is 0. The summed E-state index contributed by atoms with van der Waals surface area (Å²) < 4.78 is 12.5. The van der Waals surface area contributed by atoms with Crippen LogP contribution in [0.25, 0.3) is 0 Å². The van der Waals surface area contributed by atoms with Crippen molar-refractivity contribution in [2.24, 2.45) is 0 Å². The van der Waals surface area contributed by atoms with E-state index in [1.54, 1.807) is 0 Å². The minimum absolute atomic E-state index is 0.0631. The van der Waals surface area contributed by atoms with E-state index in [9.17, 15) is 0 Å². The van der Waals surface area contributed by atoms with Crippen LogP contribution in [0.1, 0.15) is 52.5 Å². The Morgan fingerprint density at radius 3 is 2.00 bits per heavy atom. The van der Waals surface area contributed by atoms with E-state index in [1.807, 2.05) is 12.1 Å². The van der Waals surface area contributed by atoms with Crippen molar-refractivity contribution in [1.29, 1.82) is 0 Å². The highest BCUT2D eigenvalue weighted by molar-refractivity contribution is 6.51. The largest absolute Gasteiger partial charge is 0.464 e. The Balaban J connectivity index is 1.53. The molecule has 0 amide bonds. The van der Waals surface area contributed by atoms with Crippen molar-refractivity contribution in [2.75, 3.05) is 0 Å². The fourth-order valence-corrected chi connectivity index (χ4v) is 4.72. The molecule has 0 atom stereocenters. The van der Waals surface area contributed by atoms with E-state index < -0.39 is 0 Å². The summed E-state index contributed by atoms with van der Waals surface area (Å²) in [6, 6.07) is 8.26. The fourth-order valence-electron chi connectivity index (χ4n) is 4.39. The third-order valence-electron chi connectivity index (χ3n) is 6.27. The molecule has 4 fully saturated rings. The molecule has 0 N–H and O–H groups in total. The maximum atomic E-state index is 6.38. The van der Waals surface area contributed by atoms with Crippen LogP contribution in [-0.4, -0.2) is 18.3 Å². The van der Waals surface area contributed by atoms with Crippen LogP contribution in [0.5, 0.6) is 0 Å². The molecule has 112 valence electrons. The van der Waals surface area contributed by atoms with Gasteiger partial charge in [-0.25, -0.2) is 0 Å². The van der Waals surface area contributed by atoms with Gasteiger partial charge in [0.1, 0.15) is 0 Å². The number of rotatable bonds is 2. The first-order chi connectivity index (χ1) is 9.70. The minimum Gasteiger partial charge on any atom is -0.403 e. The summed E-state index contributed by atoms with van der Waals surface area (Å²) in [4.78, 5) is 0. The molecule has 1 aliphatic heterocycles. The van der Waals surface area contributed by atoms with Crippen molar-refractivity contribution in [3.8, 4) is 0 Å². The Bertz CT molecular complexity index is 575. The van der Waals surface area contributed by atoms with E-state index in [0.717, 1.165) is 24.3 Å². The topological polar surface area (TPSA) is 18.5 Å². The van der Waals surface area contributed by atoms with Crippen LogP contribution in [0.15, 0.2) is 24.3 Å². The predicted octanol–water partition coefficient (Wildman–Crippen LogP) is 4.61. The highest BCUT2D eigenvalue weighted by Gasteiger charge is 2.77. The quantitative estimate of drug-likeness (QED) is 0.743. The minimum atomic E-state index is -0.231. The lowest BCUT2D eigenvalue weighted by Gasteiger charge is -2.71. The Kier molecular flexibility index (Phi) is 2.60. The smallest absolute Gasteiger partial charge is 0.403 e. The van der Waals surface area contributed by atoms with Gasteiger partial charge in [0.25, 0.3) is 0 Å². The van der Waals surface area contributed by atoms with Crippen molar-refractivity contribution in [2.45, 2.75) is 68.9 Å². The average Bonchev–Trinajstić information content (AvgIpc) is 2.47. The zero-order valence-electron chi connectivity index (χ0n) is 13.2. The van der Waals surface area contributed by atoms with Crippen LogP contribution in [-0.2, 0) is 14.7 Å². The van der Waals surface area contributed by atoms with Gasteiger partial charge in [-0.2, -0.15) is 0 Å². The first-order valence-corrected chi connectivity index (χ1v) is 8.18. The lowest BCUT2D eigenvalue weighted by atomic mass is 9.23. The van der Waals surface area contributed by atoms with Gasteiger partial charge in [-0.3, -0.25) is 0 Å². The summed E-state index contributed by atoms with van der Waals surface area (Å²) in [7, 11) is -0.0631. The zero-order chi connectivity index (χ0) is 15.1. The van der Waals surface area contributed by atoms with Gasteiger partial charge in [-0.15, -0.1) is 0 Å². The normalized spacial score (nSPS) is 38.8. The second-order valence-electron chi connectivity index (χ2n) is 8.24. The van der Waals surface area contributed by atoms with E-state index >= 15 is 0 Å². The van der Waals surface area contributed by atoms with E-state index in [-0.39, 0.29) is 29.0 Å². The van der Waals surface area contributed by atoms with Gasteiger partial charge in [-0.1, -0.05) is 29.8 Å². The summed E-state index contributed by atoms with van der Waals surface area (Å²) in [6.07, 6.45) is 3.42. The molecule has 2 bridgehead atoms. The van der Waals surface area contributed by atoms with Crippen molar-refractivity contribution >= 4 is 18.7 Å². The van der Waals surface area contributed by atoms with Gasteiger partial charge < -0.3 is 9.31 Å². The summed E-state index contributed by atoms with van der Waals surface area (Å²) in [5.74, 6) is 0. The maximum Gasteiger partial charge on any atom is 0.464 e. The third kappa shape index (κ3) is 1.69. The second-order valence-corrected chi connectivity index (χ2v) is 8.65. The molecule has 1 heterocycles. The number of benzene rings is 1. The van der Waals surface area contributed by atoms with Gasteiger partial charge in [0, 0.05) is 10.3 Å². The standard InChI is InChI=1S/C17H22BClO2/c1-14(2)15(3,4)21-18(20-14)17-9-16(10-17,11-17)12-7-5-6-8-13(12)19/h5-8H,9-11H2,1-4H3. The van der Waals surface area contributed by atoms with Gasteiger partial charge in [-0.05, 0) is 64.0 Å². The maximum absolute atomic E-state index is 6.38. The number of halogens is 1. The summed E-state index contributed by atoms with van der Waals surface area (Å²) >= 11 is 6.38. The molecule has 1 aromatic carbocycles. The van der Waals surface area contributed by atoms with Crippen LogP contribution in [0, 0.1) is 0 Å². The van der Waals surface area contributed by atoms with Crippen LogP contribution < -0.4 is 0 Å². The van der Waals surface area contributed by atoms with Crippen LogP contribution in [0.4, 0.5) is 0 Å². The number of hydrogen-bond acceptors (Lipinski definition) is 2. The summed E-state index contributed by atoms with van der Waals surface area (Å²) in [5.41, 5.74) is 1.13. The van der Waals surface area contributed by atoms with E-state index in [2.05, 4.69) is 39.8 Å². The highest BCUT2D eigenvalue weighted by atomic mass is 35.5. The molecule has 3 saturated carbocycles. The van der Waals surface area contributed by atoms with Crippen LogP contribution >= 0.6 is 11.6 Å². The van der Waals surface area contributed by atoms with Crippen molar-refractivity contribution < 1.29 is 9.31 Å². The van der Waals surface area contributed by atoms with E-state index in [4.69, 9.17) is 20.9 Å². The molecule has 2 nitrogen and oxygen atoms in total. The summed E-state index contributed by atoms with van der Waals surface area (Å²) in [5, 5.41) is 1.12.